The number of carboxylic acid groups (broad SMARTS) is 1. The highest BCUT2D eigenvalue weighted by Gasteiger charge is 2.17. The lowest BCUT2D eigenvalue weighted by atomic mass is 10.1. The Labute approximate surface area is 148 Å². The van der Waals surface area contributed by atoms with Crippen LogP contribution in [0.3, 0.4) is 0 Å². The van der Waals surface area contributed by atoms with E-state index in [1.807, 2.05) is 0 Å². The summed E-state index contributed by atoms with van der Waals surface area (Å²) in [5, 5.41) is 9.40. The topological polar surface area (TPSA) is 166 Å². The van der Waals surface area contributed by atoms with Crippen LogP contribution in [0.4, 0.5) is 0 Å². The van der Waals surface area contributed by atoms with E-state index in [9.17, 15) is 18.0 Å². The Bertz CT molecular complexity index is 941. The molecule has 1 aromatic heterocycles. The van der Waals surface area contributed by atoms with E-state index in [1.165, 1.54) is 20.3 Å². The fraction of sp³-hybridized carbons (Fsp3) is 0.333. The first-order valence-corrected chi connectivity index (χ1v) is 8.90. The monoisotopic (exact) mass is 389 g/mol. The zero-order valence-corrected chi connectivity index (χ0v) is 15.1. The molecule has 1 heterocycles. The second-order valence-electron chi connectivity index (χ2n) is 5.19. The van der Waals surface area contributed by atoms with Gasteiger partial charge in [-0.3, -0.25) is 9.35 Å². The van der Waals surface area contributed by atoms with E-state index in [0.717, 1.165) is 0 Å². The highest BCUT2D eigenvalue weighted by Crippen LogP contribution is 2.31. The van der Waals surface area contributed by atoms with Crippen molar-refractivity contribution in [1.29, 1.82) is 0 Å². The van der Waals surface area contributed by atoms with Gasteiger partial charge < -0.3 is 24.7 Å². The van der Waals surface area contributed by atoms with Crippen molar-refractivity contribution >= 4 is 27.1 Å². The number of benzene rings is 1. The fourth-order valence-corrected chi connectivity index (χ4v) is 1.96. The van der Waals surface area contributed by atoms with E-state index in [4.69, 9.17) is 29.3 Å². The third kappa shape index (κ3) is 6.35. The first-order valence-electron chi connectivity index (χ1n) is 7.05. The minimum atomic E-state index is -3.67. The van der Waals surface area contributed by atoms with Crippen molar-refractivity contribution < 1.29 is 36.8 Å². The summed E-state index contributed by atoms with van der Waals surface area (Å²) in [5.41, 5.74) is 5.34. The van der Waals surface area contributed by atoms with E-state index in [-0.39, 0.29) is 12.0 Å². The lowest BCUT2D eigenvalue weighted by Crippen LogP contribution is -2.33. The molecule has 1 aromatic carbocycles. The predicted octanol–water partition coefficient (Wildman–Crippen LogP) is 0.269. The maximum Gasteiger partial charge on any atom is 0.339 e. The van der Waals surface area contributed by atoms with Gasteiger partial charge in [-0.05, 0) is 12.1 Å². The third-order valence-electron chi connectivity index (χ3n) is 3.07. The third-order valence-corrected chi connectivity index (χ3v) is 3.07. The van der Waals surface area contributed by atoms with Gasteiger partial charge in [0.25, 0.3) is 10.1 Å². The van der Waals surface area contributed by atoms with Crippen LogP contribution in [-0.2, 0) is 21.3 Å². The Kier molecular flexibility index (Phi) is 7.12. The molecule has 2 rings (SSSR count). The quantitative estimate of drug-likeness (QED) is 0.477. The summed E-state index contributed by atoms with van der Waals surface area (Å²) >= 11 is 0. The number of nitrogens with two attached hydrogens (primary N) is 1. The summed E-state index contributed by atoms with van der Waals surface area (Å²) in [6.07, 6.45) is 0.606. The van der Waals surface area contributed by atoms with Gasteiger partial charge in [-0.1, -0.05) is 0 Å². The minimum absolute atomic E-state index is 0.109. The largest absolute Gasteiger partial charge is 0.493 e. The first-order chi connectivity index (χ1) is 12.0. The Hall–Kier alpha value is -2.63. The van der Waals surface area contributed by atoms with Crippen LogP contribution in [0, 0.1) is 0 Å². The normalized spacial score (nSPS) is 12.0. The molecule has 0 bridgehead atoms. The van der Waals surface area contributed by atoms with Gasteiger partial charge in [0.15, 0.2) is 11.5 Å². The molecule has 4 N–H and O–H groups in total. The fourth-order valence-electron chi connectivity index (χ4n) is 1.96. The van der Waals surface area contributed by atoms with Gasteiger partial charge in [-0.15, -0.1) is 0 Å². The second kappa shape index (κ2) is 8.65. The summed E-state index contributed by atoms with van der Waals surface area (Å²) in [6.45, 7) is 0. The van der Waals surface area contributed by atoms with Crippen molar-refractivity contribution in [3.8, 4) is 11.5 Å². The molecule has 0 saturated heterocycles. The number of methoxy groups -OCH3 is 2. The maximum atomic E-state index is 11.9. The van der Waals surface area contributed by atoms with Crippen LogP contribution in [-0.4, -0.2) is 50.6 Å². The van der Waals surface area contributed by atoms with Gasteiger partial charge in [0.1, 0.15) is 11.6 Å². The number of carboxylic acids is 1. The van der Waals surface area contributed by atoms with Crippen LogP contribution in [0.1, 0.15) is 5.56 Å². The van der Waals surface area contributed by atoms with Gasteiger partial charge in [0.2, 0.25) is 0 Å². The number of aliphatic carboxylic acids is 1. The molecule has 0 aliphatic heterocycles. The number of carbonyl (C=O) groups is 1. The van der Waals surface area contributed by atoms with Crippen LogP contribution in [0.25, 0.3) is 11.0 Å². The van der Waals surface area contributed by atoms with Crippen LogP contribution in [0.15, 0.2) is 27.4 Å². The molecule has 11 heteroatoms. The van der Waals surface area contributed by atoms with Gasteiger partial charge >= 0.3 is 11.6 Å². The number of hydrogen-bond acceptors (Lipinski definition) is 8. The molecule has 0 radical (unpaired) electrons. The van der Waals surface area contributed by atoms with Gasteiger partial charge in [0.05, 0.1) is 20.5 Å². The predicted molar refractivity (Wildman–Crippen MR) is 92.4 cm³/mol. The Morgan fingerprint density at radius 2 is 1.73 bits per heavy atom. The molecule has 0 amide bonds. The average Bonchev–Trinajstić information content (AvgIpc) is 2.52. The number of rotatable bonds is 5. The Balaban J connectivity index is 0.000000597. The van der Waals surface area contributed by atoms with Gasteiger partial charge in [0, 0.05) is 23.4 Å². The number of hydrogen-bond donors (Lipinski definition) is 3. The standard InChI is InChI=1S/C14H15NO6.CH4O3S/c1-19-11-5-7-3-8(4-9(15)13(16)17)14(18)21-10(7)6-12(11)20-2;1-5(2,3)4/h3,5-6,9H,4,15H2,1-2H3,(H,16,17);1H3,(H,2,3,4)/t9-;/m0./s1. The molecular weight excluding hydrogens is 370 g/mol. The molecule has 1 atom stereocenters. The van der Waals surface area contributed by atoms with Gasteiger partial charge in [-0.2, -0.15) is 8.42 Å². The van der Waals surface area contributed by atoms with Crippen molar-refractivity contribution in [1.82, 2.24) is 0 Å². The molecule has 0 aliphatic carbocycles. The van der Waals surface area contributed by atoms with Crippen molar-refractivity contribution in [2.24, 2.45) is 5.73 Å². The van der Waals surface area contributed by atoms with E-state index < -0.39 is 27.8 Å². The first kappa shape index (κ1) is 21.4. The maximum absolute atomic E-state index is 11.9. The summed E-state index contributed by atoms with van der Waals surface area (Å²) < 4.78 is 41.3. The molecule has 2 aromatic rings. The lowest BCUT2D eigenvalue weighted by molar-refractivity contribution is -0.138. The SMILES string of the molecule is COc1cc2cc(C[C@H](N)C(=O)O)c(=O)oc2cc1OC.CS(=O)(=O)O. The van der Waals surface area contributed by atoms with Gasteiger partial charge in [-0.25, -0.2) is 4.79 Å². The smallest absolute Gasteiger partial charge is 0.339 e. The molecule has 0 saturated carbocycles. The summed E-state index contributed by atoms with van der Waals surface area (Å²) in [6, 6.07) is 3.57. The zero-order chi connectivity index (χ0) is 20.1. The second-order valence-corrected chi connectivity index (χ2v) is 6.65. The molecule has 0 spiro atoms. The molecule has 10 nitrogen and oxygen atoms in total. The molecule has 0 unspecified atom stereocenters. The lowest BCUT2D eigenvalue weighted by Gasteiger charge is -2.10. The summed E-state index contributed by atoms with van der Waals surface area (Å²) in [7, 11) is -0.702. The van der Waals surface area contributed by atoms with E-state index in [0.29, 0.717) is 28.7 Å². The summed E-state index contributed by atoms with van der Waals surface area (Å²) in [5.74, 6) is -0.266. The zero-order valence-electron chi connectivity index (χ0n) is 14.3. The Morgan fingerprint density at radius 3 is 2.19 bits per heavy atom. The number of fused-ring (bicyclic) bond motifs is 1. The van der Waals surface area contributed by atoms with Crippen LogP contribution >= 0.6 is 0 Å². The van der Waals surface area contributed by atoms with E-state index in [1.54, 1.807) is 12.1 Å². The molecule has 26 heavy (non-hydrogen) atoms. The van der Waals surface area contributed by atoms with Crippen molar-refractivity contribution in [2.75, 3.05) is 20.5 Å². The van der Waals surface area contributed by atoms with E-state index >= 15 is 0 Å². The van der Waals surface area contributed by atoms with Crippen molar-refractivity contribution in [2.45, 2.75) is 12.5 Å². The average molecular weight is 389 g/mol. The molecule has 0 fully saturated rings. The van der Waals surface area contributed by atoms with Crippen molar-refractivity contribution in [3.05, 3.63) is 34.2 Å². The molecule has 144 valence electrons. The molecular formula is C15H19NO9S. The van der Waals surface area contributed by atoms with Crippen LogP contribution in [0.5, 0.6) is 11.5 Å². The summed E-state index contributed by atoms with van der Waals surface area (Å²) in [4.78, 5) is 22.6. The Morgan fingerprint density at radius 1 is 1.23 bits per heavy atom. The van der Waals surface area contributed by atoms with Crippen molar-refractivity contribution in [3.63, 3.8) is 0 Å². The highest BCUT2D eigenvalue weighted by molar-refractivity contribution is 7.85. The molecule has 0 aliphatic rings. The van der Waals surface area contributed by atoms with Crippen LogP contribution < -0.4 is 20.8 Å². The van der Waals surface area contributed by atoms with E-state index in [2.05, 4.69) is 0 Å². The minimum Gasteiger partial charge on any atom is -0.493 e. The van der Waals surface area contributed by atoms with Crippen LogP contribution in [0.2, 0.25) is 0 Å². The number of ether oxygens (including phenoxy) is 2. The highest BCUT2D eigenvalue weighted by atomic mass is 32.2.